The number of thiazole rings is 1. The van der Waals surface area contributed by atoms with Gasteiger partial charge in [-0.2, -0.15) is 0 Å². The first kappa shape index (κ1) is 18.6. The third kappa shape index (κ3) is 3.87. The molecular weight excluding hydrogens is 425 g/mol. The summed E-state index contributed by atoms with van der Waals surface area (Å²) in [5.41, 5.74) is 2.29. The van der Waals surface area contributed by atoms with Crippen LogP contribution in [0.25, 0.3) is 32.6 Å². The Morgan fingerprint density at radius 3 is 2.97 bits per heavy atom. The van der Waals surface area contributed by atoms with Gasteiger partial charge < -0.3 is 9.73 Å². The Balaban J connectivity index is 1.24. The number of carbonyl (C=O) groups excluding carboxylic acids is 1. The van der Waals surface area contributed by atoms with Crippen LogP contribution in [0.15, 0.2) is 64.4 Å². The number of hydrogen-bond donors (Lipinski definition) is 1. The zero-order valence-electron chi connectivity index (χ0n) is 15.2. The number of halogens is 1. The number of nitrogens with one attached hydrogen (secondary N) is 1. The maximum Gasteiger partial charge on any atom is 0.277 e. The minimum atomic E-state index is -0.338. The van der Waals surface area contributed by atoms with Crippen molar-refractivity contribution in [1.82, 2.24) is 20.2 Å². The van der Waals surface area contributed by atoms with Crippen molar-refractivity contribution in [3.05, 3.63) is 60.5 Å². The fourth-order valence-electron chi connectivity index (χ4n) is 2.83. The predicted molar refractivity (Wildman–Crippen MR) is 114 cm³/mol. The Hall–Kier alpha value is -3.37. The summed E-state index contributed by atoms with van der Waals surface area (Å²) in [6.45, 7) is 0. The van der Waals surface area contributed by atoms with E-state index >= 15 is 0 Å². The molecule has 7 nitrogen and oxygen atoms in total. The van der Waals surface area contributed by atoms with Crippen LogP contribution in [0, 0.1) is 5.82 Å². The summed E-state index contributed by atoms with van der Waals surface area (Å²) < 4.78 is 19.6. The fraction of sp³-hybridized carbons (Fsp3) is 0.0500. The van der Waals surface area contributed by atoms with Gasteiger partial charge in [-0.25, -0.2) is 9.37 Å². The van der Waals surface area contributed by atoms with Crippen molar-refractivity contribution in [2.75, 3.05) is 11.1 Å². The summed E-state index contributed by atoms with van der Waals surface area (Å²) in [5.74, 6) is -0.157. The van der Waals surface area contributed by atoms with E-state index in [-0.39, 0.29) is 22.7 Å². The quantitative estimate of drug-likeness (QED) is 0.396. The Morgan fingerprint density at radius 1 is 1.13 bits per heavy atom. The van der Waals surface area contributed by atoms with Crippen LogP contribution in [-0.4, -0.2) is 31.8 Å². The van der Waals surface area contributed by atoms with E-state index in [0.29, 0.717) is 21.2 Å². The van der Waals surface area contributed by atoms with E-state index in [1.807, 2.05) is 30.3 Å². The summed E-state index contributed by atoms with van der Waals surface area (Å²) in [4.78, 5) is 20.8. The van der Waals surface area contributed by atoms with Crippen molar-refractivity contribution < 1.29 is 13.6 Å². The number of aromatic nitrogens is 4. The molecule has 30 heavy (non-hydrogen) atoms. The summed E-state index contributed by atoms with van der Waals surface area (Å²) in [6.07, 6.45) is 1.74. The van der Waals surface area contributed by atoms with Gasteiger partial charge in [-0.15, -0.1) is 10.2 Å². The van der Waals surface area contributed by atoms with Crippen LogP contribution in [0.5, 0.6) is 0 Å². The Labute approximate surface area is 177 Å². The van der Waals surface area contributed by atoms with Crippen LogP contribution >= 0.6 is 23.1 Å². The molecule has 1 amide bonds. The molecule has 0 atom stereocenters. The van der Waals surface area contributed by atoms with Crippen molar-refractivity contribution in [2.45, 2.75) is 5.22 Å². The average molecular weight is 437 g/mol. The molecule has 0 radical (unpaired) electrons. The van der Waals surface area contributed by atoms with Crippen LogP contribution < -0.4 is 5.32 Å². The number of pyridine rings is 1. The number of rotatable bonds is 5. The standard InChI is InChI=1S/C20H12FN5O2S2/c21-13-4-6-15-16(9-13)30-19(23-15)24-17(27)10-29-20-26-25-18(28-20)12-3-5-14-11(8-12)2-1-7-22-14/h1-9H,10H2,(H,23,24,27). The predicted octanol–water partition coefficient (Wildman–Crippen LogP) is 4.76. The molecule has 0 saturated heterocycles. The highest BCUT2D eigenvalue weighted by Gasteiger charge is 2.13. The molecule has 10 heteroatoms. The Morgan fingerprint density at radius 2 is 2.03 bits per heavy atom. The summed E-state index contributed by atoms with van der Waals surface area (Å²) in [6, 6.07) is 13.8. The summed E-state index contributed by atoms with van der Waals surface area (Å²) in [7, 11) is 0. The molecule has 0 bridgehead atoms. The molecule has 5 aromatic rings. The maximum absolute atomic E-state index is 13.3. The van der Waals surface area contributed by atoms with E-state index in [4.69, 9.17) is 4.42 Å². The highest BCUT2D eigenvalue weighted by atomic mass is 32.2. The molecule has 0 aliphatic carbocycles. The van der Waals surface area contributed by atoms with Crippen molar-refractivity contribution in [2.24, 2.45) is 0 Å². The second-order valence-corrected chi connectivity index (χ2v) is 8.21. The number of benzene rings is 2. The number of hydrogen-bond acceptors (Lipinski definition) is 8. The van der Waals surface area contributed by atoms with Crippen LogP contribution in [0.1, 0.15) is 0 Å². The second-order valence-electron chi connectivity index (χ2n) is 6.25. The molecule has 0 aliphatic heterocycles. The number of carbonyl (C=O) groups is 1. The summed E-state index contributed by atoms with van der Waals surface area (Å²) in [5, 5.41) is 12.4. The molecule has 0 fully saturated rings. The minimum absolute atomic E-state index is 0.0769. The summed E-state index contributed by atoms with van der Waals surface area (Å²) >= 11 is 2.34. The molecule has 5 rings (SSSR count). The highest BCUT2D eigenvalue weighted by Crippen LogP contribution is 2.28. The van der Waals surface area contributed by atoms with Crippen LogP contribution in [0.3, 0.4) is 0 Å². The molecule has 2 aromatic carbocycles. The Bertz CT molecular complexity index is 1380. The van der Waals surface area contributed by atoms with Crippen molar-refractivity contribution in [3.63, 3.8) is 0 Å². The van der Waals surface area contributed by atoms with Crippen molar-refractivity contribution in [1.29, 1.82) is 0 Å². The lowest BCUT2D eigenvalue weighted by atomic mass is 10.1. The van der Waals surface area contributed by atoms with Crippen LogP contribution in [-0.2, 0) is 4.79 Å². The normalized spacial score (nSPS) is 11.2. The molecule has 3 aromatic heterocycles. The van der Waals surface area contributed by atoms with Gasteiger partial charge in [-0.1, -0.05) is 29.2 Å². The van der Waals surface area contributed by atoms with E-state index < -0.39 is 0 Å². The van der Waals surface area contributed by atoms with Gasteiger partial charge in [0.2, 0.25) is 11.8 Å². The number of nitrogens with zero attached hydrogens (tertiary/aromatic N) is 4. The van der Waals surface area contributed by atoms with E-state index in [1.165, 1.54) is 23.5 Å². The molecule has 1 N–H and O–H groups in total. The first-order valence-electron chi connectivity index (χ1n) is 8.81. The molecule has 3 heterocycles. The van der Waals surface area contributed by atoms with Crippen LogP contribution in [0.2, 0.25) is 0 Å². The smallest absolute Gasteiger partial charge is 0.277 e. The zero-order valence-corrected chi connectivity index (χ0v) is 16.8. The number of amides is 1. The first-order valence-corrected chi connectivity index (χ1v) is 10.6. The molecule has 0 unspecified atom stereocenters. The van der Waals surface area contributed by atoms with Gasteiger partial charge in [-0.05, 0) is 42.5 Å². The number of fused-ring (bicyclic) bond motifs is 2. The maximum atomic E-state index is 13.3. The van der Waals surface area contributed by atoms with Gasteiger partial charge in [0.1, 0.15) is 5.82 Å². The van der Waals surface area contributed by atoms with Crippen LogP contribution in [0.4, 0.5) is 9.52 Å². The fourth-order valence-corrected chi connectivity index (χ4v) is 4.30. The molecule has 0 saturated carbocycles. The number of thioether (sulfide) groups is 1. The minimum Gasteiger partial charge on any atom is -0.411 e. The van der Waals surface area contributed by atoms with E-state index in [9.17, 15) is 9.18 Å². The largest absolute Gasteiger partial charge is 0.411 e. The SMILES string of the molecule is O=C(CSc1nnc(-c2ccc3ncccc3c2)o1)Nc1nc2ccc(F)cc2s1. The lowest BCUT2D eigenvalue weighted by molar-refractivity contribution is -0.113. The van der Waals surface area contributed by atoms with Crippen molar-refractivity contribution >= 4 is 55.3 Å². The van der Waals surface area contributed by atoms with E-state index in [2.05, 4.69) is 25.5 Å². The number of anilines is 1. The topological polar surface area (TPSA) is 93.8 Å². The first-order chi connectivity index (χ1) is 14.6. The lowest BCUT2D eigenvalue weighted by Crippen LogP contribution is -2.13. The second kappa shape index (κ2) is 7.81. The molecular formula is C20H12FN5O2S2. The van der Waals surface area contributed by atoms with E-state index in [1.54, 1.807) is 12.3 Å². The third-order valence-electron chi connectivity index (χ3n) is 4.18. The average Bonchev–Trinajstić information content (AvgIpc) is 3.38. The highest BCUT2D eigenvalue weighted by molar-refractivity contribution is 7.99. The zero-order chi connectivity index (χ0) is 20.5. The lowest BCUT2D eigenvalue weighted by Gasteiger charge is -1.99. The van der Waals surface area contributed by atoms with Gasteiger partial charge in [0.15, 0.2) is 5.13 Å². The van der Waals surface area contributed by atoms with Gasteiger partial charge in [0.05, 0.1) is 21.5 Å². The van der Waals surface area contributed by atoms with Crippen molar-refractivity contribution in [3.8, 4) is 11.5 Å². The molecule has 148 valence electrons. The van der Waals surface area contributed by atoms with E-state index in [0.717, 1.165) is 28.2 Å². The Kier molecular flexibility index (Phi) is 4.85. The molecule has 0 aliphatic rings. The molecule has 0 spiro atoms. The van der Waals surface area contributed by atoms with Gasteiger partial charge in [-0.3, -0.25) is 9.78 Å². The van der Waals surface area contributed by atoms with Gasteiger partial charge in [0, 0.05) is 17.1 Å². The van der Waals surface area contributed by atoms with Gasteiger partial charge in [0.25, 0.3) is 5.22 Å². The van der Waals surface area contributed by atoms with Gasteiger partial charge >= 0.3 is 0 Å². The monoisotopic (exact) mass is 437 g/mol. The third-order valence-corrected chi connectivity index (χ3v) is 5.93.